The molecule has 0 bridgehead atoms. The second kappa shape index (κ2) is 5.40. The molecular formula is C15H21NO4. The summed E-state index contributed by atoms with van der Waals surface area (Å²) in [5.74, 6) is -0.568. The number of aliphatic hydroxyl groups is 1. The number of hydrogen-bond acceptors (Lipinski definition) is 5. The third kappa shape index (κ3) is 2.26. The number of carbonyl (C=O) groups is 2. The molecule has 2 rings (SSSR count). The topological polar surface area (TPSA) is 75.6 Å². The molecule has 0 fully saturated rings. The molecule has 5 heteroatoms. The van der Waals surface area contributed by atoms with Crippen LogP contribution in [0.5, 0.6) is 0 Å². The van der Waals surface area contributed by atoms with Crippen LogP contribution in [0, 0.1) is 11.8 Å². The molecule has 110 valence electrons. The Morgan fingerprint density at radius 3 is 2.70 bits per heavy atom. The van der Waals surface area contributed by atoms with Gasteiger partial charge in [-0.3, -0.25) is 9.59 Å². The van der Waals surface area contributed by atoms with Crippen LogP contribution >= 0.6 is 0 Å². The van der Waals surface area contributed by atoms with E-state index in [0.29, 0.717) is 6.42 Å². The minimum Gasteiger partial charge on any atom is -0.511 e. The van der Waals surface area contributed by atoms with Gasteiger partial charge in [-0.15, -0.1) is 5.48 Å². The van der Waals surface area contributed by atoms with Crippen molar-refractivity contribution >= 4 is 11.6 Å². The lowest BCUT2D eigenvalue weighted by molar-refractivity contribution is -0.123. The largest absolute Gasteiger partial charge is 0.511 e. The van der Waals surface area contributed by atoms with Gasteiger partial charge in [0.1, 0.15) is 12.0 Å². The van der Waals surface area contributed by atoms with Crippen molar-refractivity contribution in [1.82, 2.24) is 5.48 Å². The van der Waals surface area contributed by atoms with E-state index >= 15 is 0 Å². The van der Waals surface area contributed by atoms with Crippen LogP contribution in [-0.2, 0) is 14.4 Å². The average molecular weight is 279 g/mol. The molecule has 20 heavy (non-hydrogen) atoms. The Bertz CT molecular complexity index is 492. The minimum absolute atomic E-state index is 0.00875. The van der Waals surface area contributed by atoms with Crippen molar-refractivity contribution < 1.29 is 19.5 Å². The summed E-state index contributed by atoms with van der Waals surface area (Å²) in [4.78, 5) is 29.1. The molecule has 2 aliphatic rings. The lowest BCUT2D eigenvalue weighted by Crippen LogP contribution is -2.52. The van der Waals surface area contributed by atoms with Gasteiger partial charge in [-0.25, -0.2) is 0 Å². The molecule has 0 aromatic carbocycles. The van der Waals surface area contributed by atoms with Crippen LogP contribution in [0.3, 0.4) is 0 Å². The smallest absolute Gasteiger partial charge is 0.170 e. The highest BCUT2D eigenvalue weighted by Gasteiger charge is 2.47. The zero-order valence-electron chi connectivity index (χ0n) is 12.1. The second-order valence-corrected chi connectivity index (χ2v) is 5.74. The Morgan fingerprint density at radius 1 is 1.55 bits per heavy atom. The van der Waals surface area contributed by atoms with E-state index in [1.807, 2.05) is 19.9 Å². The lowest BCUT2D eigenvalue weighted by atomic mass is 9.69. The summed E-state index contributed by atoms with van der Waals surface area (Å²) >= 11 is 0. The van der Waals surface area contributed by atoms with Crippen LogP contribution in [0.2, 0.25) is 0 Å². The van der Waals surface area contributed by atoms with Gasteiger partial charge in [-0.05, 0) is 17.9 Å². The van der Waals surface area contributed by atoms with Gasteiger partial charge < -0.3 is 9.94 Å². The molecule has 0 spiro atoms. The molecule has 0 aromatic rings. The predicted molar refractivity (Wildman–Crippen MR) is 73.6 cm³/mol. The van der Waals surface area contributed by atoms with Crippen molar-refractivity contribution in [3.05, 3.63) is 23.7 Å². The van der Waals surface area contributed by atoms with Gasteiger partial charge in [0.15, 0.2) is 11.6 Å². The highest BCUT2D eigenvalue weighted by Crippen LogP contribution is 2.40. The van der Waals surface area contributed by atoms with Crippen LogP contribution in [0.4, 0.5) is 0 Å². The van der Waals surface area contributed by atoms with Gasteiger partial charge in [0, 0.05) is 19.3 Å². The van der Waals surface area contributed by atoms with E-state index in [9.17, 15) is 14.7 Å². The first-order valence-corrected chi connectivity index (χ1v) is 7.01. The summed E-state index contributed by atoms with van der Waals surface area (Å²) in [5, 5.41) is 10.1. The van der Waals surface area contributed by atoms with Crippen molar-refractivity contribution in [2.75, 3.05) is 0 Å². The number of nitrogens with one attached hydrogen (secondary N) is 1. The summed E-state index contributed by atoms with van der Waals surface area (Å²) in [7, 11) is 0. The SMILES string of the molecule is CCC(=O)C1=C(O)CC(C2(C(C)C)C=CON2)CC1=O. The van der Waals surface area contributed by atoms with E-state index in [1.165, 1.54) is 0 Å². The van der Waals surface area contributed by atoms with Crippen molar-refractivity contribution in [1.29, 1.82) is 0 Å². The van der Waals surface area contributed by atoms with Gasteiger partial charge in [0.25, 0.3) is 0 Å². The molecule has 2 N–H and O–H groups in total. The number of aliphatic hydroxyl groups excluding tert-OH is 1. The Balaban J connectivity index is 2.31. The average Bonchev–Trinajstić information content (AvgIpc) is 2.88. The van der Waals surface area contributed by atoms with Crippen LogP contribution < -0.4 is 5.48 Å². The number of Topliss-reactive ketones (excluding diaryl/α,β-unsaturated/α-hetero) is 2. The van der Waals surface area contributed by atoms with Gasteiger partial charge >= 0.3 is 0 Å². The third-order valence-electron chi connectivity index (χ3n) is 4.32. The number of allylic oxidation sites excluding steroid dienone is 2. The van der Waals surface area contributed by atoms with Gasteiger partial charge in [0.2, 0.25) is 0 Å². The van der Waals surface area contributed by atoms with E-state index in [1.54, 1.807) is 13.2 Å². The maximum atomic E-state index is 12.2. The van der Waals surface area contributed by atoms with Gasteiger partial charge in [0.05, 0.1) is 11.1 Å². The number of hydroxylamine groups is 1. The first-order chi connectivity index (χ1) is 9.42. The Morgan fingerprint density at radius 2 is 2.25 bits per heavy atom. The molecule has 1 heterocycles. The highest BCUT2D eigenvalue weighted by atomic mass is 16.6. The summed E-state index contributed by atoms with van der Waals surface area (Å²) in [6, 6.07) is 0. The zero-order valence-corrected chi connectivity index (χ0v) is 12.1. The second-order valence-electron chi connectivity index (χ2n) is 5.74. The first-order valence-electron chi connectivity index (χ1n) is 7.01. The van der Waals surface area contributed by atoms with E-state index in [4.69, 9.17) is 4.84 Å². The van der Waals surface area contributed by atoms with Gasteiger partial charge in [-0.2, -0.15) is 0 Å². The monoisotopic (exact) mass is 279 g/mol. The van der Waals surface area contributed by atoms with Gasteiger partial charge in [-0.1, -0.05) is 20.8 Å². The van der Waals surface area contributed by atoms with Crippen LogP contribution in [-0.4, -0.2) is 22.2 Å². The maximum absolute atomic E-state index is 12.2. The predicted octanol–water partition coefficient (Wildman–Crippen LogP) is 2.20. The minimum atomic E-state index is -0.482. The fraction of sp³-hybridized carbons (Fsp3) is 0.600. The molecule has 0 saturated heterocycles. The molecule has 2 unspecified atom stereocenters. The first kappa shape index (κ1) is 14.8. The Kier molecular flexibility index (Phi) is 3.99. The molecule has 1 aliphatic heterocycles. The molecular weight excluding hydrogens is 258 g/mol. The van der Waals surface area contributed by atoms with Crippen LogP contribution in [0.1, 0.15) is 40.0 Å². The molecule has 0 aromatic heterocycles. The maximum Gasteiger partial charge on any atom is 0.170 e. The molecule has 2 atom stereocenters. The van der Waals surface area contributed by atoms with Crippen molar-refractivity contribution in [2.45, 2.75) is 45.6 Å². The fourth-order valence-electron chi connectivity index (χ4n) is 3.04. The van der Waals surface area contributed by atoms with Crippen LogP contribution in [0.15, 0.2) is 23.7 Å². The van der Waals surface area contributed by atoms with E-state index in [-0.39, 0.29) is 47.6 Å². The number of ketones is 2. The lowest BCUT2D eigenvalue weighted by Gasteiger charge is -2.39. The van der Waals surface area contributed by atoms with Crippen LogP contribution in [0.25, 0.3) is 0 Å². The van der Waals surface area contributed by atoms with Crippen molar-refractivity contribution in [3.8, 4) is 0 Å². The number of carbonyl (C=O) groups excluding carboxylic acids is 2. The van der Waals surface area contributed by atoms with E-state index < -0.39 is 5.54 Å². The quantitative estimate of drug-likeness (QED) is 0.772. The number of rotatable bonds is 4. The van der Waals surface area contributed by atoms with Crippen molar-refractivity contribution in [3.63, 3.8) is 0 Å². The molecule has 0 radical (unpaired) electrons. The summed E-state index contributed by atoms with van der Waals surface area (Å²) in [5.41, 5.74) is 2.47. The van der Waals surface area contributed by atoms with Crippen molar-refractivity contribution in [2.24, 2.45) is 11.8 Å². The Hall–Kier alpha value is -1.62. The summed E-state index contributed by atoms with van der Waals surface area (Å²) in [6.07, 6.45) is 4.25. The summed E-state index contributed by atoms with van der Waals surface area (Å²) in [6.45, 7) is 5.75. The molecule has 0 saturated carbocycles. The fourth-order valence-corrected chi connectivity index (χ4v) is 3.04. The molecule has 5 nitrogen and oxygen atoms in total. The normalized spacial score (nSPS) is 30.0. The van der Waals surface area contributed by atoms with E-state index in [2.05, 4.69) is 5.48 Å². The zero-order chi connectivity index (χ0) is 14.9. The standard InChI is InChI=1S/C15H21NO4/c1-4-11(17)14-12(18)7-10(8-13(14)19)15(9(2)3)5-6-20-16-15/h5-6,9-10,16,18H,4,7-8H2,1-3H3. The molecule has 0 amide bonds. The van der Waals surface area contributed by atoms with E-state index in [0.717, 1.165) is 0 Å². The number of hydrogen-bond donors (Lipinski definition) is 2. The highest BCUT2D eigenvalue weighted by molar-refractivity contribution is 6.20. The summed E-state index contributed by atoms with van der Waals surface area (Å²) < 4.78 is 0. The third-order valence-corrected chi connectivity index (χ3v) is 4.32. The Labute approximate surface area is 118 Å². The molecule has 1 aliphatic carbocycles.